The van der Waals surface area contributed by atoms with Crippen molar-refractivity contribution >= 4 is 28.5 Å². The zero-order valence-electron chi connectivity index (χ0n) is 13.2. The van der Waals surface area contributed by atoms with Crippen LogP contribution in [0, 0.1) is 0 Å². The Morgan fingerprint density at radius 1 is 1.25 bits per heavy atom. The van der Waals surface area contributed by atoms with E-state index in [9.17, 15) is 4.79 Å². The van der Waals surface area contributed by atoms with Crippen molar-refractivity contribution in [2.75, 3.05) is 20.2 Å². The Morgan fingerprint density at radius 2 is 2.08 bits per heavy atom. The predicted octanol–water partition coefficient (Wildman–Crippen LogP) is 2.62. The lowest BCUT2D eigenvalue weighted by atomic mass is 10.3. The quantitative estimate of drug-likeness (QED) is 0.689. The number of fused-ring (bicyclic) bond motifs is 1. The highest BCUT2D eigenvalue weighted by Gasteiger charge is 2.12. The molecule has 0 spiro atoms. The first kappa shape index (κ1) is 16.3. The van der Waals surface area contributed by atoms with E-state index in [0.717, 1.165) is 11.0 Å². The smallest absolute Gasteiger partial charge is 0.244 e. The van der Waals surface area contributed by atoms with Crippen LogP contribution in [0.15, 0.2) is 48.5 Å². The summed E-state index contributed by atoms with van der Waals surface area (Å²) in [5.41, 5.74) is 1.62. The third-order valence-electron chi connectivity index (χ3n) is 3.62. The number of aromatic nitrogens is 3. The van der Waals surface area contributed by atoms with Gasteiger partial charge in [0.15, 0.2) is 0 Å². The van der Waals surface area contributed by atoms with Crippen LogP contribution in [-0.4, -0.2) is 46.0 Å². The number of rotatable bonds is 6. The van der Waals surface area contributed by atoms with E-state index < -0.39 is 0 Å². The lowest BCUT2D eigenvalue weighted by molar-refractivity contribution is -0.131. The number of likely N-dealkylation sites (N-methyl/N-ethyl adjacent to an activating group) is 1. The number of halogens is 1. The highest BCUT2D eigenvalue weighted by atomic mass is 35.5. The summed E-state index contributed by atoms with van der Waals surface area (Å²) >= 11 is 5.90. The number of para-hydroxylation sites is 1. The van der Waals surface area contributed by atoms with Gasteiger partial charge in [0.2, 0.25) is 5.91 Å². The summed E-state index contributed by atoms with van der Waals surface area (Å²) in [5, 5.41) is 8.70. The average molecular weight is 345 g/mol. The zero-order valence-corrected chi connectivity index (χ0v) is 14.0. The monoisotopic (exact) mass is 344 g/mol. The van der Waals surface area contributed by atoms with Crippen LogP contribution in [0.2, 0.25) is 5.02 Å². The third-order valence-corrected chi connectivity index (χ3v) is 3.86. The van der Waals surface area contributed by atoms with Crippen LogP contribution in [0.3, 0.4) is 0 Å². The number of ether oxygens (including phenoxy) is 1. The first-order valence-electron chi connectivity index (χ1n) is 7.54. The van der Waals surface area contributed by atoms with Crippen LogP contribution in [0.4, 0.5) is 0 Å². The van der Waals surface area contributed by atoms with Crippen molar-refractivity contribution in [2.45, 2.75) is 6.54 Å². The van der Waals surface area contributed by atoms with Gasteiger partial charge in [-0.3, -0.25) is 4.79 Å². The van der Waals surface area contributed by atoms with Gasteiger partial charge in [-0.05, 0) is 30.3 Å². The number of hydrogen-bond acceptors (Lipinski definition) is 4. The Kier molecular flexibility index (Phi) is 4.96. The number of carbonyl (C=O) groups is 1. The van der Waals surface area contributed by atoms with Crippen molar-refractivity contribution in [3.05, 3.63) is 53.6 Å². The molecular weight excluding hydrogens is 328 g/mol. The van der Waals surface area contributed by atoms with Gasteiger partial charge in [0.1, 0.15) is 24.4 Å². The van der Waals surface area contributed by atoms with Crippen molar-refractivity contribution < 1.29 is 9.53 Å². The normalized spacial score (nSPS) is 10.8. The van der Waals surface area contributed by atoms with Crippen LogP contribution < -0.4 is 4.74 Å². The van der Waals surface area contributed by atoms with Gasteiger partial charge in [-0.15, -0.1) is 5.10 Å². The third kappa shape index (κ3) is 3.83. The number of hydrogen-bond donors (Lipinski definition) is 0. The van der Waals surface area contributed by atoms with Gasteiger partial charge in [-0.1, -0.05) is 35.0 Å². The minimum absolute atomic E-state index is 0.0552. The largest absolute Gasteiger partial charge is 0.492 e. The van der Waals surface area contributed by atoms with Gasteiger partial charge in [0.05, 0.1) is 12.1 Å². The maximum atomic E-state index is 12.3. The lowest BCUT2D eigenvalue weighted by Gasteiger charge is -2.17. The van der Waals surface area contributed by atoms with Crippen LogP contribution in [0.5, 0.6) is 5.75 Å². The van der Waals surface area contributed by atoms with E-state index in [4.69, 9.17) is 16.3 Å². The van der Waals surface area contributed by atoms with Gasteiger partial charge < -0.3 is 9.64 Å². The summed E-state index contributed by atoms with van der Waals surface area (Å²) < 4.78 is 7.20. The topological polar surface area (TPSA) is 60.2 Å². The van der Waals surface area contributed by atoms with E-state index in [2.05, 4.69) is 10.3 Å². The Morgan fingerprint density at radius 3 is 2.92 bits per heavy atom. The Bertz CT molecular complexity index is 849. The van der Waals surface area contributed by atoms with Gasteiger partial charge in [-0.25, -0.2) is 4.68 Å². The number of amides is 1. The highest BCUT2D eigenvalue weighted by molar-refractivity contribution is 6.30. The molecule has 3 aromatic rings. The molecule has 1 aromatic heterocycles. The molecule has 0 saturated heterocycles. The molecule has 0 atom stereocenters. The van der Waals surface area contributed by atoms with E-state index in [1.54, 1.807) is 28.8 Å². The minimum Gasteiger partial charge on any atom is -0.492 e. The molecule has 6 nitrogen and oxygen atoms in total. The number of carbonyl (C=O) groups excluding carboxylic acids is 1. The molecule has 0 aliphatic rings. The van der Waals surface area contributed by atoms with Crippen molar-refractivity contribution in [3.8, 4) is 5.75 Å². The molecule has 3 rings (SSSR count). The molecule has 124 valence electrons. The van der Waals surface area contributed by atoms with Crippen molar-refractivity contribution in [2.24, 2.45) is 0 Å². The summed E-state index contributed by atoms with van der Waals surface area (Å²) in [7, 11) is 1.74. The molecule has 1 heterocycles. The Labute approximate surface area is 144 Å². The van der Waals surface area contributed by atoms with Crippen LogP contribution in [0.1, 0.15) is 0 Å². The van der Waals surface area contributed by atoms with E-state index in [1.165, 1.54) is 0 Å². The predicted molar refractivity (Wildman–Crippen MR) is 92.1 cm³/mol. The molecule has 0 N–H and O–H groups in total. The minimum atomic E-state index is -0.0552. The summed E-state index contributed by atoms with van der Waals surface area (Å²) in [6.45, 7) is 1.01. The highest BCUT2D eigenvalue weighted by Crippen LogP contribution is 2.17. The average Bonchev–Trinajstić information content (AvgIpc) is 2.98. The van der Waals surface area contributed by atoms with Crippen LogP contribution in [-0.2, 0) is 11.3 Å². The molecule has 0 aliphatic heterocycles. The molecule has 0 radical (unpaired) electrons. The molecule has 0 unspecified atom stereocenters. The maximum Gasteiger partial charge on any atom is 0.244 e. The SMILES string of the molecule is CN(CCOc1cccc(Cl)c1)C(=O)Cn1nnc2ccccc21. The summed E-state index contributed by atoms with van der Waals surface area (Å²) in [6, 6.07) is 14.7. The molecule has 1 amide bonds. The van der Waals surface area contributed by atoms with E-state index in [1.807, 2.05) is 36.4 Å². The fourth-order valence-corrected chi connectivity index (χ4v) is 2.45. The van der Waals surface area contributed by atoms with E-state index >= 15 is 0 Å². The first-order valence-corrected chi connectivity index (χ1v) is 7.92. The number of nitrogens with zero attached hydrogens (tertiary/aromatic N) is 4. The van der Waals surface area contributed by atoms with E-state index in [-0.39, 0.29) is 12.5 Å². The fourth-order valence-electron chi connectivity index (χ4n) is 2.26. The fraction of sp³-hybridized carbons (Fsp3) is 0.235. The first-order chi connectivity index (χ1) is 11.6. The van der Waals surface area contributed by atoms with E-state index in [0.29, 0.717) is 23.9 Å². The van der Waals surface area contributed by atoms with Crippen LogP contribution >= 0.6 is 11.6 Å². The second-order valence-electron chi connectivity index (χ2n) is 5.36. The van der Waals surface area contributed by atoms with Gasteiger partial charge in [0, 0.05) is 12.1 Å². The standard InChI is InChI=1S/C17H17ClN4O2/c1-21(9-10-24-14-6-4-5-13(18)11-14)17(23)12-22-16-8-3-2-7-15(16)19-20-22/h2-8,11H,9-10,12H2,1H3. The molecule has 0 aliphatic carbocycles. The van der Waals surface area contributed by atoms with Crippen molar-refractivity contribution in [1.29, 1.82) is 0 Å². The van der Waals surface area contributed by atoms with Crippen molar-refractivity contribution in [3.63, 3.8) is 0 Å². The molecule has 0 fully saturated rings. The molecule has 2 aromatic carbocycles. The second-order valence-corrected chi connectivity index (χ2v) is 5.79. The Hall–Kier alpha value is -2.60. The number of benzene rings is 2. The lowest BCUT2D eigenvalue weighted by Crippen LogP contribution is -2.33. The molecule has 0 bridgehead atoms. The summed E-state index contributed by atoms with van der Waals surface area (Å²) in [6.07, 6.45) is 0. The van der Waals surface area contributed by atoms with Gasteiger partial charge in [0.25, 0.3) is 0 Å². The molecular formula is C17H17ClN4O2. The molecule has 24 heavy (non-hydrogen) atoms. The van der Waals surface area contributed by atoms with Gasteiger partial charge in [-0.2, -0.15) is 0 Å². The Balaban J connectivity index is 1.53. The molecule has 7 heteroatoms. The summed E-state index contributed by atoms with van der Waals surface area (Å²) in [5.74, 6) is 0.631. The summed E-state index contributed by atoms with van der Waals surface area (Å²) in [4.78, 5) is 13.9. The van der Waals surface area contributed by atoms with Gasteiger partial charge >= 0.3 is 0 Å². The second kappa shape index (κ2) is 7.31. The molecule has 0 saturated carbocycles. The zero-order chi connectivity index (χ0) is 16.9. The van der Waals surface area contributed by atoms with Crippen molar-refractivity contribution in [1.82, 2.24) is 19.9 Å². The maximum absolute atomic E-state index is 12.3. The van der Waals surface area contributed by atoms with Crippen LogP contribution in [0.25, 0.3) is 11.0 Å².